The molecule has 0 unspecified atom stereocenters. The van der Waals surface area contributed by atoms with Crippen LogP contribution in [0.25, 0.3) is 0 Å². The fourth-order valence-electron chi connectivity index (χ4n) is 4.69. The molecule has 0 aliphatic heterocycles. The Balaban J connectivity index is 3.14. The van der Waals surface area contributed by atoms with Crippen molar-refractivity contribution in [3.63, 3.8) is 0 Å². The lowest BCUT2D eigenvalue weighted by Crippen LogP contribution is -1.91. The third-order valence-electron chi connectivity index (χ3n) is 7.17. The summed E-state index contributed by atoms with van der Waals surface area (Å²) in [6.07, 6.45) is 38.7. The highest BCUT2D eigenvalue weighted by Crippen LogP contribution is 2.15. The van der Waals surface area contributed by atoms with Gasteiger partial charge >= 0.3 is 0 Å². The van der Waals surface area contributed by atoms with Gasteiger partial charge in [-0.1, -0.05) is 162 Å². The first-order valence-corrected chi connectivity index (χ1v) is 15.6. The summed E-state index contributed by atoms with van der Waals surface area (Å²) in [4.78, 5) is 0. The van der Waals surface area contributed by atoms with Crippen molar-refractivity contribution in [2.45, 2.75) is 188 Å². The zero-order valence-corrected chi connectivity index (χ0v) is 23.6. The fourth-order valence-corrected chi connectivity index (χ4v) is 4.69. The van der Waals surface area contributed by atoms with Gasteiger partial charge in [-0.3, -0.25) is 0 Å². The van der Waals surface area contributed by atoms with E-state index >= 15 is 0 Å². The summed E-state index contributed by atoms with van der Waals surface area (Å²) in [6, 6.07) is 0. The van der Waals surface area contributed by atoms with Crippen LogP contribution in [-0.2, 0) is 4.74 Å². The molecule has 1 heteroatoms. The SMILES string of the molecule is CCCCCCCCCCCCCCCCCCCCCCCCO/C=C(\CC)CCCC. The topological polar surface area (TPSA) is 9.23 Å². The van der Waals surface area contributed by atoms with Crippen molar-refractivity contribution in [1.29, 1.82) is 0 Å². The van der Waals surface area contributed by atoms with Crippen molar-refractivity contribution in [2.24, 2.45) is 0 Å². The minimum atomic E-state index is 0.911. The van der Waals surface area contributed by atoms with Gasteiger partial charge in [-0.05, 0) is 31.3 Å². The summed E-state index contributed by atoms with van der Waals surface area (Å²) < 4.78 is 5.77. The van der Waals surface area contributed by atoms with E-state index in [1.807, 2.05) is 6.26 Å². The number of ether oxygens (including phenoxy) is 1. The predicted molar refractivity (Wildman–Crippen MR) is 151 cm³/mol. The van der Waals surface area contributed by atoms with Crippen LogP contribution in [0.3, 0.4) is 0 Å². The first kappa shape index (κ1) is 32.5. The summed E-state index contributed by atoms with van der Waals surface area (Å²) in [5.41, 5.74) is 1.48. The monoisotopic (exact) mass is 464 g/mol. The van der Waals surface area contributed by atoms with Crippen LogP contribution in [0.1, 0.15) is 188 Å². The maximum Gasteiger partial charge on any atom is 0.0873 e. The van der Waals surface area contributed by atoms with Crippen LogP contribution in [0, 0.1) is 0 Å². The highest BCUT2D eigenvalue weighted by atomic mass is 16.5. The molecule has 0 aromatic heterocycles. The van der Waals surface area contributed by atoms with E-state index in [-0.39, 0.29) is 0 Å². The van der Waals surface area contributed by atoms with Gasteiger partial charge in [-0.15, -0.1) is 0 Å². The Morgan fingerprint density at radius 2 is 0.758 bits per heavy atom. The Bertz CT molecular complexity index is 373. The number of allylic oxidation sites excluding steroid dienone is 1. The summed E-state index contributed by atoms with van der Waals surface area (Å²) >= 11 is 0. The molecule has 0 spiro atoms. The minimum absolute atomic E-state index is 0.911. The van der Waals surface area contributed by atoms with Gasteiger partial charge in [0.1, 0.15) is 0 Å². The molecule has 0 aromatic rings. The van der Waals surface area contributed by atoms with Crippen molar-refractivity contribution in [3.8, 4) is 0 Å². The molecular formula is C32H64O. The highest BCUT2D eigenvalue weighted by Gasteiger charge is 1.97. The number of hydrogen-bond acceptors (Lipinski definition) is 1. The zero-order chi connectivity index (χ0) is 24.1. The smallest absolute Gasteiger partial charge is 0.0873 e. The molecular weight excluding hydrogens is 400 g/mol. The van der Waals surface area contributed by atoms with Crippen LogP contribution in [0.5, 0.6) is 0 Å². The lowest BCUT2D eigenvalue weighted by molar-refractivity contribution is 0.236. The van der Waals surface area contributed by atoms with Crippen LogP contribution in [0.4, 0.5) is 0 Å². The molecule has 0 bridgehead atoms. The van der Waals surface area contributed by atoms with Gasteiger partial charge in [-0.2, -0.15) is 0 Å². The van der Waals surface area contributed by atoms with E-state index in [2.05, 4.69) is 20.8 Å². The molecule has 0 aliphatic rings. The molecule has 0 aliphatic carbocycles. The third kappa shape index (κ3) is 27.7. The Morgan fingerprint density at radius 3 is 1.09 bits per heavy atom. The molecule has 0 heterocycles. The fraction of sp³-hybridized carbons (Fsp3) is 0.938. The van der Waals surface area contributed by atoms with Crippen molar-refractivity contribution in [2.75, 3.05) is 6.61 Å². The van der Waals surface area contributed by atoms with Crippen LogP contribution >= 0.6 is 0 Å². The average molecular weight is 465 g/mol. The lowest BCUT2D eigenvalue weighted by atomic mass is 10.0. The van der Waals surface area contributed by atoms with Gasteiger partial charge in [0.2, 0.25) is 0 Å². The summed E-state index contributed by atoms with van der Waals surface area (Å²) in [7, 11) is 0. The molecule has 0 rings (SSSR count). The Kier molecular flexibility index (Phi) is 29.2. The van der Waals surface area contributed by atoms with Crippen molar-refractivity contribution in [1.82, 2.24) is 0 Å². The summed E-state index contributed by atoms with van der Waals surface area (Å²) in [5.74, 6) is 0. The van der Waals surface area contributed by atoms with E-state index in [0.717, 1.165) is 13.0 Å². The highest BCUT2D eigenvalue weighted by molar-refractivity contribution is 4.96. The Morgan fingerprint density at radius 1 is 0.424 bits per heavy atom. The number of unbranched alkanes of at least 4 members (excludes halogenated alkanes) is 22. The van der Waals surface area contributed by atoms with E-state index < -0.39 is 0 Å². The summed E-state index contributed by atoms with van der Waals surface area (Å²) in [6.45, 7) is 7.71. The molecule has 0 N–H and O–H groups in total. The zero-order valence-electron chi connectivity index (χ0n) is 23.6. The van der Waals surface area contributed by atoms with E-state index in [9.17, 15) is 0 Å². The Hall–Kier alpha value is -0.460. The van der Waals surface area contributed by atoms with Gasteiger partial charge in [0, 0.05) is 0 Å². The maximum absolute atomic E-state index is 5.77. The molecule has 0 atom stereocenters. The molecule has 33 heavy (non-hydrogen) atoms. The van der Waals surface area contributed by atoms with Gasteiger partial charge < -0.3 is 4.74 Å². The third-order valence-corrected chi connectivity index (χ3v) is 7.17. The molecule has 0 saturated heterocycles. The van der Waals surface area contributed by atoms with Gasteiger partial charge in [0.25, 0.3) is 0 Å². The van der Waals surface area contributed by atoms with Gasteiger partial charge in [0.15, 0.2) is 0 Å². The maximum atomic E-state index is 5.77. The first-order chi connectivity index (χ1) is 16.3. The van der Waals surface area contributed by atoms with E-state index in [4.69, 9.17) is 4.74 Å². The predicted octanol–water partition coefficient (Wildman–Crippen LogP) is 12.1. The van der Waals surface area contributed by atoms with Gasteiger partial charge in [-0.25, -0.2) is 0 Å². The molecule has 0 saturated carbocycles. The Labute approximate surface area is 210 Å². The molecule has 0 fully saturated rings. The van der Waals surface area contributed by atoms with Gasteiger partial charge in [0.05, 0.1) is 12.9 Å². The van der Waals surface area contributed by atoms with E-state index in [0.29, 0.717) is 0 Å². The first-order valence-electron chi connectivity index (χ1n) is 15.6. The standard InChI is InChI=1S/C32H64O/c1-4-7-9-10-11-12-13-14-15-16-17-18-19-20-21-22-23-24-25-26-27-28-30-33-31-32(6-3)29-8-5-2/h31H,4-30H2,1-3H3/b32-31+. The normalized spacial score (nSPS) is 11.9. The second kappa shape index (κ2) is 29.6. The van der Waals surface area contributed by atoms with Crippen LogP contribution in [0.15, 0.2) is 11.8 Å². The van der Waals surface area contributed by atoms with Crippen molar-refractivity contribution >= 4 is 0 Å². The second-order valence-corrected chi connectivity index (χ2v) is 10.5. The molecule has 198 valence electrons. The van der Waals surface area contributed by atoms with Crippen molar-refractivity contribution < 1.29 is 4.74 Å². The van der Waals surface area contributed by atoms with Crippen LogP contribution < -0.4 is 0 Å². The van der Waals surface area contributed by atoms with Crippen LogP contribution in [0.2, 0.25) is 0 Å². The largest absolute Gasteiger partial charge is 0.501 e. The molecule has 1 nitrogen and oxygen atoms in total. The van der Waals surface area contributed by atoms with Crippen LogP contribution in [-0.4, -0.2) is 6.61 Å². The summed E-state index contributed by atoms with van der Waals surface area (Å²) in [5, 5.41) is 0. The number of rotatable bonds is 28. The average Bonchev–Trinajstić information content (AvgIpc) is 2.83. The molecule has 0 radical (unpaired) electrons. The van der Waals surface area contributed by atoms with Crippen molar-refractivity contribution in [3.05, 3.63) is 11.8 Å². The second-order valence-electron chi connectivity index (χ2n) is 10.5. The van der Waals surface area contributed by atoms with E-state index in [1.165, 1.54) is 166 Å². The molecule has 0 aromatic carbocycles. The minimum Gasteiger partial charge on any atom is -0.501 e. The lowest BCUT2D eigenvalue weighted by Gasteiger charge is -2.06. The molecule has 0 amide bonds. The number of hydrogen-bond donors (Lipinski definition) is 0. The van der Waals surface area contributed by atoms with E-state index in [1.54, 1.807) is 0 Å². The quantitative estimate of drug-likeness (QED) is 0.0826.